The molecule has 1 aliphatic rings. The van der Waals surface area contributed by atoms with Gasteiger partial charge in [-0.3, -0.25) is 0 Å². The van der Waals surface area contributed by atoms with E-state index in [-0.39, 0.29) is 5.41 Å². The Morgan fingerprint density at radius 3 is 1.66 bits per heavy atom. The Kier molecular flexibility index (Phi) is 8.23. The van der Waals surface area contributed by atoms with Gasteiger partial charge in [-0.1, -0.05) is 190 Å². The molecule has 0 atom stereocenters. The average Bonchev–Trinajstić information content (AvgIpc) is 3.50. The topological polar surface area (TPSA) is 3.24 Å². The van der Waals surface area contributed by atoms with Crippen molar-refractivity contribution in [2.45, 2.75) is 19.3 Å². The maximum atomic E-state index is 2.45. The molecule has 0 amide bonds. The minimum Gasteiger partial charge on any atom is -0.310 e. The minimum absolute atomic E-state index is 0.159. The monoisotopic (exact) mass is 715 g/mol. The molecule has 9 aromatic carbocycles. The summed E-state index contributed by atoms with van der Waals surface area (Å²) in [6.45, 7) is 4.76. The lowest BCUT2D eigenvalue weighted by atomic mass is 9.77. The van der Waals surface area contributed by atoms with Crippen molar-refractivity contribution >= 4 is 27.8 Å². The molecule has 266 valence electrons. The average molecular weight is 716 g/mol. The molecule has 1 nitrogen and oxygen atoms in total. The molecule has 1 heteroatoms. The second-order valence-electron chi connectivity index (χ2n) is 15.3. The number of rotatable bonds is 7. The van der Waals surface area contributed by atoms with Crippen LogP contribution in [0.25, 0.3) is 66.4 Å². The highest BCUT2D eigenvalue weighted by Gasteiger charge is 2.38. The third-order valence-corrected chi connectivity index (χ3v) is 11.6. The van der Waals surface area contributed by atoms with Crippen LogP contribution in [-0.2, 0) is 5.41 Å². The van der Waals surface area contributed by atoms with Gasteiger partial charge in [0.2, 0.25) is 0 Å². The predicted octanol–water partition coefficient (Wildman–Crippen LogP) is 15.3. The van der Waals surface area contributed by atoms with Crippen LogP contribution in [0.2, 0.25) is 0 Å². The number of fused-ring (bicyclic) bond motifs is 4. The number of hydrogen-bond acceptors (Lipinski definition) is 1. The summed E-state index contributed by atoms with van der Waals surface area (Å²) in [5.74, 6) is 0. The number of hydrogen-bond donors (Lipinski definition) is 0. The van der Waals surface area contributed by atoms with E-state index in [9.17, 15) is 0 Å². The van der Waals surface area contributed by atoms with Crippen LogP contribution in [0.1, 0.15) is 25.0 Å². The Morgan fingerprint density at radius 2 is 0.875 bits per heavy atom. The fourth-order valence-corrected chi connectivity index (χ4v) is 8.99. The van der Waals surface area contributed by atoms with Crippen LogP contribution < -0.4 is 4.90 Å². The summed E-state index contributed by atoms with van der Waals surface area (Å²) in [7, 11) is 0. The standard InChI is InChI=1S/C55H41N/c1-55(2)51-28-12-11-24-47(51)49-26-14-27-50(54(49)55)48-25-15-29-52(53(48)41-19-7-4-8-20-41)56(45-34-32-40(33-35-45)38-16-5-3-6-17-38)46-23-13-22-43(37-46)44-31-30-39-18-9-10-21-42(39)36-44/h3-37H,1-2H3. The van der Waals surface area contributed by atoms with Crippen LogP contribution in [0.5, 0.6) is 0 Å². The van der Waals surface area contributed by atoms with Gasteiger partial charge >= 0.3 is 0 Å². The molecule has 0 radical (unpaired) electrons. The van der Waals surface area contributed by atoms with Crippen molar-refractivity contribution < 1.29 is 0 Å². The molecule has 1 aliphatic carbocycles. The quantitative estimate of drug-likeness (QED) is 0.159. The molecule has 0 spiro atoms. The van der Waals surface area contributed by atoms with Gasteiger partial charge in [0.1, 0.15) is 0 Å². The normalized spacial score (nSPS) is 12.6. The van der Waals surface area contributed by atoms with Gasteiger partial charge in [0, 0.05) is 22.4 Å². The van der Waals surface area contributed by atoms with E-state index < -0.39 is 0 Å². The van der Waals surface area contributed by atoms with Gasteiger partial charge < -0.3 is 4.90 Å². The second kappa shape index (κ2) is 13.7. The van der Waals surface area contributed by atoms with E-state index in [1.165, 1.54) is 77.5 Å². The predicted molar refractivity (Wildman–Crippen MR) is 238 cm³/mol. The van der Waals surface area contributed by atoms with Gasteiger partial charge in [-0.25, -0.2) is 0 Å². The van der Waals surface area contributed by atoms with Crippen molar-refractivity contribution in [3.05, 3.63) is 223 Å². The third-order valence-electron chi connectivity index (χ3n) is 11.6. The van der Waals surface area contributed by atoms with Gasteiger partial charge in [0.15, 0.2) is 0 Å². The molecular weight excluding hydrogens is 675 g/mol. The van der Waals surface area contributed by atoms with Gasteiger partial charge in [-0.15, -0.1) is 0 Å². The van der Waals surface area contributed by atoms with Gasteiger partial charge in [-0.05, 0) is 108 Å². The first-order valence-corrected chi connectivity index (χ1v) is 19.5. The first-order valence-electron chi connectivity index (χ1n) is 19.5. The van der Waals surface area contributed by atoms with Crippen LogP contribution in [0.4, 0.5) is 17.1 Å². The van der Waals surface area contributed by atoms with Crippen molar-refractivity contribution in [3.8, 4) is 55.6 Å². The van der Waals surface area contributed by atoms with Crippen molar-refractivity contribution in [3.63, 3.8) is 0 Å². The highest BCUT2D eigenvalue weighted by atomic mass is 15.1. The molecule has 0 saturated heterocycles. The highest BCUT2D eigenvalue weighted by Crippen LogP contribution is 2.54. The molecule has 10 rings (SSSR count). The zero-order chi connectivity index (χ0) is 37.6. The molecular formula is C55H41N. The van der Waals surface area contributed by atoms with E-state index in [4.69, 9.17) is 0 Å². The summed E-state index contributed by atoms with van der Waals surface area (Å²) in [5.41, 5.74) is 18.2. The number of benzene rings is 9. The highest BCUT2D eigenvalue weighted by molar-refractivity contribution is 6.00. The summed E-state index contributed by atoms with van der Waals surface area (Å²) in [6.07, 6.45) is 0. The van der Waals surface area contributed by atoms with E-state index in [1.54, 1.807) is 0 Å². The van der Waals surface area contributed by atoms with Gasteiger partial charge in [0.05, 0.1) is 5.69 Å². The SMILES string of the molecule is CC1(C)c2ccccc2-c2cccc(-c3cccc(N(c4ccc(-c5ccccc5)cc4)c4cccc(-c5ccc6ccccc6c5)c4)c3-c3ccccc3)c21. The molecule has 0 unspecified atom stereocenters. The Labute approximate surface area is 329 Å². The lowest BCUT2D eigenvalue weighted by Crippen LogP contribution is -2.16. The van der Waals surface area contributed by atoms with E-state index in [0.29, 0.717) is 0 Å². The third kappa shape index (κ3) is 5.72. The summed E-state index contributed by atoms with van der Waals surface area (Å²) >= 11 is 0. The van der Waals surface area contributed by atoms with Crippen LogP contribution in [0.3, 0.4) is 0 Å². The summed E-state index contributed by atoms with van der Waals surface area (Å²) in [4.78, 5) is 2.45. The molecule has 0 N–H and O–H groups in total. The lowest BCUT2D eigenvalue weighted by molar-refractivity contribution is 0.662. The van der Waals surface area contributed by atoms with Crippen molar-refractivity contribution in [2.75, 3.05) is 4.90 Å². The first kappa shape index (κ1) is 33.6. The summed E-state index contributed by atoms with van der Waals surface area (Å²) < 4.78 is 0. The Hall–Kier alpha value is -6.96. The molecule has 0 fully saturated rings. The smallest absolute Gasteiger partial charge is 0.0546 e. The number of anilines is 3. The van der Waals surface area contributed by atoms with Crippen LogP contribution in [0, 0.1) is 0 Å². The Bertz CT molecular complexity index is 2870. The molecule has 0 bridgehead atoms. The van der Waals surface area contributed by atoms with E-state index in [2.05, 4.69) is 231 Å². The summed E-state index contributed by atoms with van der Waals surface area (Å²) in [5, 5.41) is 2.49. The largest absolute Gasteiger partial charge is 0.310 e. The Balaban J connectivity index is 1.21. The van der Waals surface area contributed by atoms with Gasteiger partial charge in [0.25, 0.3) is 0 Å². The van der Waals surface area contributed by atoms with E-state index in [1.807, 2.05) is 0 Å². The fraction of sp³-hybridized carbons (Fsp3) is 0.0545. The van der Waals surface area contributed by atoms with Crippen LogP contribution in [0.15, 0.2) is 212 Å². The molecule has 9 aromatic rings. The second-order valence-corrected chi connectivity index (χ2v) is 15.3. The fourth-order valence-electron chi connectivity index (χ4n) is 8.99. The van der Waals surface area contributed by atoms with E-state index in [0.717, 1.165) is 17.1 Å². The maximum Gasteiger partial charge on any atom is 0.0546 e. The molecule has 0 saturated carbocycles. The van der Waals surface area contributed by atoms with Crippen LogP contribution >= 0.6 is 0 Å². The molecule has 0 aliphatic heterocycles. The Morgan fingerprint density at radius 1 is 0.339 bits per heavy atom. The zero-order valence-electron chi connectivity index (χ0n) is 31.7. The molecule has 56 heavy (non-hydrogen) atoms. The zero-order valence-corrected chi connectivity index (χ0v) is 31.7. The van der Waals surface area contributed by atoms with Crippen molar-refractivity contribution in [2.24, 2.45) is 0 Å². The lowest BCUT2D eigenvalue weighted by Gasteiger charge is -2.31. The molecule has 0 aromatic heterocycles. The maximum absolute atomic E-state index is 2.45. The summed E-state index contributed by atoms with van der Waals surface area (Å²) in [6, 6.07) is 77.6. The number of nitrogens with zero attached hydrogens (tertiary/aromatic N) is 1. The van der Waals surface area contributed by atoms with Crippen LogP contribution in [-0.4, -0.2) is 0 Å². The van der Waals surface area contributed by atoms with Crippen molar-refractivity contribution in [1.29, 1.82) is 0 Å². The van der Waals surface area contributed by atoms with Crippen molar-refractivity contribution in [1.82, 2.24) is 0 Å². The molecule has 0 heterocycles. The minimum atomic E-state index is -0.159. The van der Waals surface area contributed by atoms with E-state index >= 15 is 0 Å². The van der Waals surface area contributed by atoms with Gasteiger partial charge in [-0.2, -0.15) is 0 Å². The first-order chi connectivity index (χ1) is 27.5.